The van der Waals surface area contributed by atoms with Crippen molar-refractivity contribution in [2.45, 2.75) is 19.3 Å². The Labute approximate surface area is 230 Å². The highest BCUT2D eigenvalue weighted by molar-refractivity contribution is 5.93. The molecule has 9 nitrogen and oxygen atoms in total. The van der Waals surface area contributed by atoms with Crippen LogP contribution in [-0.2, 0) is 6.42 Å². The second-order valence-electron chi connectivity index (χ2n) is 10.1. The van der Waals surface area contributed by atoms with E-state index in [1.54, 1.807) is 22.6 Å². The SMILES string of the molecule is N#Cc1c(-c2ccc(N3CCC(Cc4ccccc4)CC3)c([N+](=O)[O-])c2)c(C#N)c2nc3ccccc3n2c1N. The van der Waals surface area contributed by atoms with E-state index in [2.05, 4.69) is 34.2 Å². The third-order valence-electron chi connectivity index (χ3n) is 7.79. The molecule has 5 aromatic rings. The van der Waals surface area contributed by atoms with Gasteiger partial charge in [0.25, 0.3) is 5.69 Å². The largest absolute Gasteiger partial charge is 0.384 e. The quantitative estimate of drug-likeness (QED) is 0.224. The first-order valence-corrected chi connectivity index (χ1v) is 13.1. The van der Waals surface area contributed by atoms with Gasteiger partial charge >= 0.3 is 0 Å². The molecule has 3 aromatic carbocycles. The fourth-order valence-electron chi connectivity index (χ4n) is 5.84. The molecule has 9 heteroatoms. The zero-order valence-corrected chi connectivity index (χ0v) is 21.6. The van der Waals surface area contributed by atoms with Gasteiger partial charge in [0.15, 0.2) is 5.65 Å². The first-order valence-electron chi connectivity index (χ1n) is 13.1. The van der Waals surface area contributed by atoms with Crippen molar-refractivity contribution in [1.29, 1.82) is 10.5 Å². The summed E-state index contributed by atoms with van der Waals surface area (Å²) in [5.74, 6) is 0.653. The van der Waals surface area contributed by atoms with Gasteiger partial charge in [-0.25, -0.2) is 4.98 Å². The van der Waals surface area contributed by atoms with Crippen LogP contribution in [0.1, 0.15) is 29.5 Å². The first kappa shape index (κ1) is 24.9. The fourth-order valence-corrected chi connectivity index (χ4v) is 5.84. The van der Waals surface area contributed by atoms with Gasteiger partial charge in [0.2, 0.25) is 0 Å². The molecule has 1 aliphatic heterocycles. The van der Waals surface area contributed by atoms with Gasteiger partial charge in [-0.15, -0.1) is 0 Å². The average Bonchev–Trinajstić information content (AvgIpc) is 3.37. The van der Waals surface area contributed by atoms with Crippen LogP contribution in [0.5, 0.6) is 0 Å². The standard InChI is InChI=1S/C31H25N7O2/c32-18-23-29(24(19-33)31-35-25-8-4-5-9-26(25)37(31)30(23)34)22-10-11-27(28(17-22)38(39)40)36-14-12-21(13-15-36)16-20-6-2-1-3-7-20/h1-11,17,21H,12-16,34H2. The molecule has 6 rings (SSSR count). The Balaban J connectivity index is 1.39. The van der Waals surface area contributed by atoms with Crippen LogP contribution < -0.4 is 10.6 Å². The molecule has 0 bridgehead atoms. The van der Waals surface area contributed by atoms with E-state index in [0.717, 1.165) is 19.3 Å². The summed E-state index contributed by atoms with van der Waals surface area (Å²) in [6, 6.07) is 26.9. The predicted octanol–water partition coefficient (Wildman–Crippen LogP) is 5.85. The molecule has 0 unspecified atom stereocenters. The number of aromatic nitrogens is 2. The lowest BCUT2D eigenvalue weighted by Gasteiger charge is -2.33. The molecule has 2 aromatic heterocycles. The zero-order valence-electron chi connectivity index (χ0n) is 21.6. The summed E-state index contributed by atoms with van der Waals surface area (Å²) < 4.78 is 1.60. The molecule has 1 saturated heterocycles. The van der Waals surface area contributed by atoms with Crippen LogP contribution in [0.4, 0.5) is 17.2 Å². The average molecular weight is 528 g/mol. The van der Waals surface area contributed by atoms with Crippen molar-refractivity contribution in [3.8, 4) is 23.3 Å². The topological polar surface area (TPSA) is 137 Å². The van der Waals surface area contributed by atoms with Crippen LogP contribution in [-0.4, -0.2) is 27.4 Å². The Morgan fingerprint density at radius 2 is 1.68 bits per heavy atom. The van der Waals surface area contributed by atoms with Crippen LogP contribution >= 0.6 is 0 Å². The van der Waals surface area contributed by atoms with E-state index in [1.165, 1.54) is 11.6 Å². The molecule has 0 atom stereocenters. The Morgan fingerprint density at radius 1 is 0.975 bits per heavy atom. The summed E-state index contributed by atoms with van der Waals surface area (Å²) in [5.41, 5.74) is 10.7. The van der Waals surface area contributed by atoms with Gasteiger partial charge in [-0.1, -0.05) is 48.5 Å². The number of imidazole rings is 1. The minimum absolute atomic E-state index is 0.0706. The van der Waals surface area contributed by atoms with Crippen LogP contribution in [0.3, 0.4) is 0 Å². The third kappa shape index (κ3) is 4.14. The number of anilines is 2. The fraction of sp³-hybridized carbons (Fsp3) is 0.194. The Morgan fingerprint density at radius 3 is 2.38 bits per heavy atom. The summed E-state index contributed by atoms with van der Waals surface area (Å²) in [4.78, 5) is 18.5. The summed E-state index contributed by atoms with van der Waals surface area (Å²) >= 11 is 0. The number of piperidine rings is 1. The number of hydrogen-bond acceptors (Lipinski definition) is 7. The molecule has 1 aliphatic rings. The highest BCUT2D eigenvalue weighted by Crippen LogP contribution is 2.40. The smallest absolute Gasteiger partial charge is 0.293 e. The number of hydrogen-bond donors (Lipinski definition) is 1. The van der Waals surface area contributed by atoms with Crippen molar-refractivity contribution in [2.75, 3.05) is 23.7 Å². The molecule has 3 heterocycles. The van der Waals surface area contributed by atoms with E-state index in [9.17, 15) is 20.6 Å². The number of nitrogens with two attached hydrogens (primary N) is 1. The Bertz CT molecular complexity index is 1860. The lowest BCUT2D eigenvalue weighted by atomic mass is 9.89. The maximum atomic E-state index is 12.3. The molecule has 2 N–H and O–H groups in total. The molecule has 0 aliphatic carbocycles. The summed E-state index contributed by atoms with van der Waals surface area (Å²) in [6.45, 7) is 1.42. The minimum Gasteiger partial charge on any atom is -0.384 e. The maximum absolute atomic E-state index is 12.3. The lowest BCUT2D eigenvalue weighted by Crippen LogP contribution is -2.34. The summed E-state index contributed by atoms with van der Waals surface area (Å²) in [5, 5.41) is 32.6. The van der Waals surface area contributed by atoms with Crippen molar-refractivity contribution < 1.29 is 4.92 Å². The predicted molar refractivity (Wildman–Crippen MR) is 154 cm³/mol. The maximum Gasteiger partial charge on any atom is 0.293 e. The van der Waals surface area contributed by atoms with Crippen molar-refractivity contribution in [1.82, 2.24) is 9.38 Å². The minimum atomic E-state index is -0.404. The number of rotatable bonds is 5. The first-order chi connectivity index (χ1) is 19.5. The summed E-state index contributed by atoms with van der Waals surface area (Å²) in [6.07, 6.45) is 2.87. The van der Waals surface area contributed by atoms with Crippen LogP contribution in [0.2, 0.25) is 0 Å². The van der Waals surface area contributed by atoms with E-state index in [-0.39, 0.29) is 28.2 Å². The summed E-state index contributed by atoms with van der Waals surface area (Å²) in [7, 11) is 0. The number of benzene rings is 3. The number of para-hydroxylation sites is 2. The van der Waals surface area contributed by atoms with Crippen molar-refractivity contribution in [2.24, 2.45) is 5.92 Å². The second kappa shape index (κ2) is 10.0. The molecule has 40 heavy (non-hydrogen) atoms. The Hall–Kier alpha value is -5.41. The number of nitro groups is 1. The number of nitro benzene ring substituents is 1. The van der Waals surface area contributed by atoms with Crippen LogP contribution in [0, 0.1) is 38.7 Å². The molecule has 0 amide bonds. The highest BCUT2D eigenvalue weighted by atomic mass is 16.6. The van der Waals surface area contributed by atoms with E-state index in [4.69, 9.17) is 5.73 Å². The van der Waals surface area contributed by atoms with Gasteiger partial charge in [0.1, 0.15) is 34.8 Å². The zero-order chi connectivity index (χ0) is 27.8. The number of pyridine rings is 1. The normalized spacial score (nSPS) is 13.8. The molecule has 0 spiro atoms. The van der Waals surface area contributed by atoms with E-state index >= 15 is 0 Å². The Kier molecular flexibility index (Phi) is 6.25. The molecule has 1 fully saturated rings. The number of nitriles is 2. The molecule has 0 radical (unpaired) electrons. The molecule has 196 valence electrons. The third-order valence-corrected chi connectivity index (χ3v) is 7.79. The van der Waals surface area contributed by atoms with Gasteiger partial charge < -0.3 is 10.6 Å². The van der Waals surface area contributed by atoms with Gasteiger partial charge in [-0.05, 0) is 54.5 Å². The number of fused-ring (bicyclic) bond motifs is 3. The second-order valence-corrected chi connectivity index (χ2v) is 10.1. The van der Waals surface area contributed by atoms with E-state index in [1.807, 2.05) is 36.4 Å². The lowest BCUT2D eigenvalue weighted by molar-refractivity contribution is -0.384. The van der Waals surface area contributed by atoms with E-state index in [0.29, 0.717) is 46.9 Å². The highest BCUT2D eigenvalue weighted by Gasteiger charge is 2.28. The van der Waals surface area contributed by atoms with Gasteiger partial charge in [-0.3, -0.25) is 14.5 Å². The van der Waals surface area contributed by atoms with Gasteiger partial charge in [0.05, 0.1) is 16.0 Å². The van der Waals surface area contributed by atoms with Crippen LogP contribution in [0.15, 0.2) is 72.8 Å². The van der Waals surface area contributed by atoms with Crippen molar-refractivity contribution in [3.63, 3.8) is 0 Å². The van der Waals surface area contributed by atoms with Crippen LogP contribution in [0.25, 0.3) is 27.8 Å². The molecular weight excluding hydrogens is 502 g/mol. The number of nitrogen functional groups attached to an aromatic ring is 1. The monoisotopic (exact) mass is 527 g/mol. The van der Waals surface area contributed by atoms with E-state index < -0.39 is 4.92 Å². The van der Waals surface area contributed by atoms with Crippen molar-refractivity contribution >= 4 is 33.9 Å². The van der Waals surface area contributed by atoms with Crippen molar-refractivity contribution in [3.05, 3.63) is 99.6 Å². The number of nitrogens with zero attached hydrogens (tertiary/aromatic N) is 6. The molecule has 0 saturated carbocycles. The van der Waals surface area contributed by atoms with Gasteiger partial charge in [-0.2, -0.15) is 10.5 Å². The van der Waals surface area contributed by atoms with Gasteiger partial charge in [0, 0.05) is 24.7 Å². The molecular formula is C31H25N7O2.